The van der Waals surface area contributed by atoms with Crippen molar-refractivity contribution >= 4 is 23.4 Å². The van der Waals surface area contributed by atoms with Gasteiger partial charge in [-0.15, -0.1) is 0 Å². The molecule has 3 aromatic rings. The molecule has 0 atom stereocenters. The number of rotatable bonds is 4. The molecule has 5 rings (SSSR count). The van der Waals surface area contributed by atoms with Crippen LogP contribution >= 0.6 is 0 Å². The predicted octanol–water partition coefficient (Wildman–Crippen LogP) is 2.49. The molecule has 0 saturated carbocycles. The van der Waals surface area contributed by atoms with Crippen LogP contribution in [0.4, 0.5) is 5.69 Å². The smallest absolute Gasteiger partial charge is 0.266 e. The number of aromatic nitrogens is 2. The summed E-state index contributed by atoms with van der Waals surface area (Å²) >= 11 is 0. The number of benzene rings is 2. The maximum Gasteiger partial charge on any atom is 0.266 e. The van der Waals surface area contributed by atoms with Crippen molar-refractivity contribution in [3.8, 4) is 0 Å². The zero-order valence-corrected chi connectivity index (χ0v) is 18.7. The molecule has 2 aliphatic rings. The van der Waals surface area contributed by atoms with E-state index in [1.165, 1.54) is 5.56 Å². The normalized spacial score (nSPS) is 16.4. The van der Waals surface area contributed by atoms with Gasteiger partial charge in [0.1, 0.15) is 0 Å². The maximum absolute atomic E-state index is 13.2. The quantitative estimate of drug-likeness (QED) is 0.579. The molecule has 1 saturated heterocycles. The molecule has 2 aromatic carbocycles. The molecule has 1 aromatic heterocycles. The number of hydrogen-bond donors (Lipinski definition) is 0. The average molecular weight is 444 g/mol. The highest BCUT2D eigenvalue weighted by molar-refractivity contribution is 6.34. The summed E-state index contributed by atoms with van der Waals surface area (Å²) in [6.07, 6.45) is 2.04. The number of piperazine rings is 1. The lowest BCUT2D eigenvalue weighted by molar-refractivity contribution is 0.0627. The summed E-state index contributed by atoms with van der Waals surface area (Å²) in [5.74, 6) is -0.815. The fourth-order valence-corrected chi connectivity index (χ4v) is 4.54. The van der Waals surface area contributed by atoms with Gasteiger partial charge < -0.3 is 4.90 Å². The van der Waals surface area contributed by atoms with Gasteiger partial charge in [0.2, 0.25) is 0 Å². The molecule has 0 unspecified atom stereocenters. The third-order valence-corrected chi connectivity index (χ3v) is 6.31. The standard InChI is InChI=1S/C25H25N5O3/c1-17-19(15-27(2)26-17)16-28-10-12-29(13-11-28)23(31)18-6-5-7-20(14-18)30-24(32)21-8-3-4-9-22(21)25(30)33/h3-9,14-15H,10-13,16H2,1-2H3. The topological polar surface area (TPSA) is 78.8 Å². The lowest BCUT2D eigenvalue weighted by atomic mass is 10.1. The molecule has 8 nitrogen and oxygen atoms in total. The van der Waals surface area contributed by atoms with Crippen LogP contribution in [0.15, 0.2) is 54.7 Å². The van der Waals surface area contributed by atoms with Crippen LogP contribution < -0.4 is 4.90 Å². The lowest BCUT2D eigenvalue weighted by Crippen LogP contribution is -2.48. The molecule has 33 heavy (non-hydrogen) atoms. The predicted molar refractivity (Wildman–Crippen MR) is 123 cm³/mol. The summed E-state index contributed by atoms with van der Waals surface area (Å²) in [7, 11) is 1.92. The fraction of sp³-hybridized carbons (Fsp3) is 0.280. The monoisotopic (exact) mass is 443 g/mol. The third kappa shape index (κ3) is 3.82. The second-order valence-electron chi connectivity index (χ2n) is 8.52. The van der Waals surface area contributed by atoms with Gasteiger partial charge in [-0.1, -0.05) is 18.2 Å². The molecule has 0 spiro atoms. The summed E-state index contributed by atoms with van der Waals surface area (Å²) < 4.78 is 1.83. The van der Waals surface area contributed by atoms with Crippen LogP contribution in [-0.4, -0.2) is 63.5 Å². The van der Waals surface area contributed by atoms with E-state index in [0.717, 1.165) is 30.2 Å². The second-order valence-corrected chi connectivity index (χ2v) is 8.52. The van der Waals surface area contributed by atoms with E-state index in [9.17, 15) is 14.4 Å². The zero-order chi connectivity index (χ0) is 23.1. The van der Waals surface area contributed by atoms with E-state index in [-0.39, 0.29) is 17.7 Å². The number of amides is 3. The number of carbonyl (C=O) groups excluding carboxylic acids is 3. The van der Waals surface area contributed by atoms with Gasteiger partial charge >= 0.3 is 0 Å². The first-order valence-corrected chi connectivity index (χ1v) is 11.0. The van der Waals surface area contributed by atoms with Gasteiger partial charge in [-0.2, -0.15) is 5.10 Å². The van der Waals surface area contributed by atoms with Crippen LogP contribution in [0.2, 0.25) is 0 Å². The highest BCUT2D eigenvalue weighted by Crippen LogP contribution is 2.29. The summed E-state index contributed by atoms with van der Waals surface area (Å²) in [6.45, 7) is 5.62. The Morgan fingerprint density at radius 1 is 0.939 bits per heavy atom. The molecular weight excluding hydrogens is 418 g/mol. The first-order valence-electron chi connectivity index (χ1n) is 11.0. The van der Waals surface area contributed by atoms with Crippen molar-refractivity contribution in [2.75, 3.05) is 31.1 Å². The first kappa shape index (κ1) is 21.1. The number of carbonyl (C=O) groups is 3. The Labute approximate surface area is 192 Å². The van der Waals surface area contributed by atoms with Crippen molar-refractivity contribution < 1.29 is 14.4 Å². The minimum Gasteiger partial charge on any atom is -0.336 e. The number of anilines is 1. The van der Waals surface area contributed by atoms with Crippen molar-refractivity contribution in [1.29, 1.82) is 0 Å². The van der Waals surface area contributed by atoms with Gasteiger partial charge in [0.05, 0.1) is 22.5 Å². The Bertz CT molecular complexity index is 1220. The molecule has 0 N–H and O–H groups in total. The Morgan fingerprint density at radius 2 is 1.61 bits per heavy atom. The molecule has 3 amide bonds. The van der Waals surface area contributed by atoms with Crippen LogP contribution in [0, 0.1) is 6.92 Å². The summed E-state index contributed by atoms with van der Waals surface area (Å²) in [6, 6.07) is 13.5. The van der Waals surface area contributed by atoms with E-state index in [1.54, 1.807) is 48.5 Å². The first-order chi connectivity index (χ1) is 15.9. The van der Waals surface area contributed by atoms with Crippen LogP contribution in [0.1, 0.15) is 42.3 Å². The van der Waals surface area contributed by atoms with E-state index in [0.29, 0.717) is 35.5 Å². The van der Waals surface area contributed by atoms with Gasteiger partial charge in [0.15, 0.2) is 0 Å². The number of nitrogens with zero attached hydrogens (tertiary/aromatic N) is 5. The highest BCUT2D eigenvalue weighted by atomic mass is 16.2. The van der Waals surface area contributed by atoms with Gasteiger partial charge in [-0.3, -0.25) is 24.0 Å². The number of imide groups is 1. The van der Waals surface area contributed by atoms with Crippen molar-refractivity contribution in [2.24, 2.45) is 7.05 Å². The second kappa shape index (κ2) is 8.29. The summed E-state index contributed by atoms with van der Waals surface area (Å²) in [5, 5.41) is 4.40. The van der Waals surface area contributed by atoms with E-state index in [4.69, 9.17) is 0 Å². The van der Waals surface area contributed by atoms with Gasteiger partial charge in [0.25, 0.3) is 17.7 Å². The maximum atomic E-state index is 13.2. The van der Waals surface area contributed by atoms with E-state index >= 15 is 0 Å². The van der Waals surface area contributed by atoms with Crippen LogP contribution in [0.25, 0.3) is 0 Å². The minimum atomic E-state index is -0.362. The van der Waals surface area contributed by atoms with Crippen LogP contribution in [0.5, 0.6) is 0 Å². The third-order valence-electron chi connectivity index (χ3n) is 6.31. The van der Waals surface area contributed by atoms with Crippen molar-refractivity contribution in [3.63, 3.8) is 0 Å². The fourth-order valence-electron chi connectivity index (χ4n) is 4.54. The van der Waals surface area contributed by atoms with Gasteiger partial charge in [-0.05, 0) is 37.3 Å². The molecule has 168 valence electrons. The zero-order valence-electron chi connectivity index (χ0n) is 18.7. The van der Waals surface area contributed by atoms with Crippen LogP contribution in [-0.2, 0) is 13.6 Å². The molecule has 8 heteroatoms. The molecule has 2 aliphatic heterocycles. The van der Waals surface area contributed by atoms with Crippen molar-refractivity contribution in [3.05, 3.63) is 82.7 Å². The van der Waals surface area contributed by atoms with E-state index in [1.807, 2.05) is 29.7 Å². The van der Waals surface area contributed by atoms with E-state index < -0.39 is 0 Å². The SMILES string of the molecule is Cc1nn(C)cc1CN1CCN(C(=O)c2cccc(N3C(=O)c4ccccc4C3=O)c2)CC1. The molecule has 0 aliphatic carbocycles. The largest absolute Gasteiger partial charge is 0.336 e. The molecule has 3 heterocycles. The lowest BCUT2D eigenvalue weighted by Gasteiger charge is -2.34. The molecule has 0 radical (unpaired) electrons. The van der Waals surface area contributed by atoms with Crippen molar-refractivity contribution in [2.45, 2.75) is 13.5 Å². The molecular formula is C25H25N5O3. The Balaban J connectivity index is 1.27. The number of aryl methyl sites for hydroxylation is 2. The number of fused-ring (bicyclic) bond motifs is 1. The average Bonchev–Trinajstić information content (AvgIpc) is 3.28. The Morgan fingerprint density at radius 3 is 2.21 bits per heavy atom. The van der Waals surface area contributed by atoms with Crippen LogP contribution in [0.3, 0.4) is 0 Å². The van der Waals surface area contributed by atoms with Crippen molar-refractivity contribution in [1.82, 2.24) is 19.6 Å². The Kier molecular flexibility index (Phi) is 5.30. The summed E-state index contributed by atoms with van der Waals surface area (Å²) in [4.78, 5) is 44.1. The summed E-state index contributed by atoms with van der Waals surface area (Å²) in [5.41, 5.74) is 3.89. The number of hydrogen-bond acceptors (Lipinski definition) is 5. The Hall–Kier alpha value is -3.78. The highest BCUT2D eigenvalue weighted by Gasteiger charge is 2.36. The van der Waals surface area contributed by atoms with Gasteiger partial charge in [-0.25, -0.2) is 4.90 Å². The molecule has 1 fully saturated rings. The molecule has 0 bridgehead atoms. The van der Waals surface area contributed by atoms with Gasteiger partial charge in [0, 0.05) is 57.1 Å². The minimum absolute atomic E-state index is 0.0920. The van der Waals surface area contributed by atoms with E-state index in [2.05, 4.69) is 10.00 Å².